The Bertz CT molecular complexity index is 391. The fraction of sp³-hybridized carbons (Fsp3) is 0.500. The van der Waals surface area contributed by atoms with Crippen molar-refractivity contribution in [1.82, 2.24) is 0 Å². The molecule has 3 nitrogen and oxygen atoms in total. The quantitative estimate of drug-likeness (QED) is 0.625. The number of hydrogen-bond acceptors (Lipinski definition) is 2. The first-order valence-corrected chi connectivity index (χ1v) is 7.78. The molecule has 0 unspecified atom stereocenters. The van der Waals surface area contributed by atoms with E-state index in [4.69, 9.17) is 0 Å². The highest BCUT2D eigenvalue weighted by Crippen LogP contribution is 2.22. The van der Waals surface area contributed by atoms with Crippen molar-refractivity contribution >= 4 is 34.2 Å². The fourth-order valence-electron chi connectivity index (χ4n) is 2.08. The highest BCUT2D eigenvalue weighted by atomic mass is 127. The second kappa shape index (κ2) is 7.74. The van der Waals surface area contributed by atoms with E-state index in [9.17, 15) is 9.90 Å². The number of amides is 1. The Morgan fingerprint density at radius 3 is 2.56 bits per heavy atom. The summed E-state index contributed by atoms with van der Waals surface area (Å²) in [5.74, 6) is 0.124. The van der Waals surface area contributed by atoms with Gasteiger partial charge in [0.15, 0.2) is 0 Å². The second-order valence-electron chi connectivity index (χ2n) is 4.20. The highest BCUT2D eigenvalue weighted by molar-refractivity contribution is 14.1. The molecule has 0 atom stereocenters. The Kier molecular flexibility index (Phi) is 6.63. The van der Waals surface area contributed by atoms with Gasteiger partial charge in [-0.1, -0.05) is 48.6 Å². The van der Waals surface area contributed by atoms with Crippen LogP contribution in [0.1, 0.15) is 32.3 Å². The number of anilines is 1. The molecule has 0 aliphatic carbocycles. The van der Waals surface area contributed by atoms with Gasteiger partial charge in [-0.3, -0.25) is 4.79 Å². The van der Waals surface area contributed by atoms with Gasteiger partial charge in [-0.25, -0.2) is 0 Å². The zero-order valence-electron chi connectivity index (χ0n) is 10.9. The normalized spacial score (nSPS) is 10.7. The molecule has 0 aliphatic heterocycles. The Morgan fingerprint density at radius 2 is 2.06 bits per heavy atom. The number of carbonyl (C=O) groups excluding carboxylic acids is 1. The van der Waals surface area contributed by atoms with Crippen molar-refractivity contribution in [3.8, 4) is 0 Å². The summed E-state index contributed by atoms with van der Waals surface area (Å²) in [6.45, 7) is 4.19. The van der Waals surface area contributed by atoms with Gasteiger partial charge in [0.2, 0.25) is 5.91 Å². The zero-order chi connectivity index (χ0) is 13.5. The average molecular weight is 361 g/mol. The molecule has 4 heteroatoms. The van der Waals surface area contributed by atoms with Gasteiger partial charge in [-0.05, 0) is 30.5 Å². The molecule has 0 bridgehead atoms. The molecule has 0 heterocycles. The summed E-state index contributed by atoms with van der Waals surface area (Å²) in [5, 5.41) is 9.19. The van der Waals surface area contributed by atoms with Gasteiger partial charge in [0.05, 0.1) is 11.0 Å². The second-order valence-corrected chi connectivity index (χ2v) is 4.96. The van der Waals surface area contributed by atoms with Crippen LogP contribution in [0, 0.1) is 0 Å². The fourth-order valence-corrected chi connectivity index (χ4v) is 2.45. The number of aliphatic hydroxyl groups excluding tert-OH is 1. The molecule has 100 valence electrons. The molecule has 0 radical (unpaired) electrons. The number of nitrogens with zero attached hydrogens (tertiary/aromatic N) is 1. The third-order valence-electron chi connectivity index (χ3n) is 3.06. The Morgan fingerprint density at radius 1 is 1.39 bits per heavy atom. The first kappa shape index (κ1) is 15.4. The molecule has 0 aliphatic rings. The van der Waals surface area contributed by atoms with Crippen LogP contribution in [0.3, 0.4) is 0 Å². The van der Waals surface area contributed by atoms with E-state index < -0.39 is 0 Å². The summed E-state index contributed by atoms with van der Waals surface area (Å²) in [5.41, 5.74) is 1.72. The number of rotatable bonds is 6. The third kappa shape index (κ3) is 3.68. The predicted molar refractivity (Wildman–Crippen MR) is 83.1 cm³/mol. The number of hydrogen-bond donors (Lipinski definition) is 1. The lowest BCUT2D eigenvalue weighted by molar-refractivity contribution is -0.116. The van der Waals surface area contributed by atoms with Crippen molar-refractivity contribution in [2.75, 3.05) is 9.33 Å². The standard InChI is InChI=1S/C14H20INO2/c1-3-12(4-2)16(14(18)9-15)13-7-5-6-11(8-13)10-17/h5-8,12,17H,3-4,9-10H2,1-2H3. The van der Waals surface area contributed by atoms with E-state index in [1.165, 1.54) is 0 Å². The van der Waals surface area contributed by atoms with Crippen LogP contribution in [0.15, 0.2) is 24.3 Å². The van der Waals surface area contributed by atoms with Crippen molar-refractivity contribution in [2.24, 2.45) is 0 Å². The maximum Gasteiger partial charge on any atom is 0.237 e. The molecule has 1 aromatic carbocycles. The van der Waals surface area contributed by atoms with Crippen molar-refractivity contribution in [3.63, 3.8) is 0 Å². The van der Waals surface area contributed by atoms with Crippen LogP contribution < -0.4 is 4.90 Å². The van der Waals surface area contributed by atoms with E-state index in [1.807, 2.05) is 29.2 Å². The zero-order valence-corrected chi connectivity index (χ0v) is 13.1. The molecule has 1 amide bonds. The molecule has 1 rings (SSSR count). The highest BCUT2D eigenvalue weighted by Gasteiger charge is 2.21. The maximum atomic E-state index is 12.1. The number of alkyl halides is 1. The first-order valence-electron chi connectivity index (χ1n) is 6.25. The van der Waals surface area contributed by atoms with E-state index in [0.29, 0.717) is 4.43 Å². The summed E-state index contributed by atoms with van der Waals surface area (Å²) in [4.78, 5) is 14.0. The molecule has 18 heavy (non-hydrogen) atoms. The van der Waals surface area contributed by atoms with Crippen LogP contribution in [-0.2, 0) is 11.4 Å². The minimum Gasteiger partial charge on any atom is -0.392 e. The summed E-state index contributed by atoms with van der Waals surface area (Å²) in [7, 11) is 0. The van der Waals surface area contributed by atoms with E-state index >= 15 is 0 Å². The SMILES string of the molecule is CCC(CC)N(C(=O)CI)c1cccc(CO)c1. The molecule has 1 N–H and O–H groups in total. The largest absolute Gasteiger partial charge is 0.392 e. The van der Waals surface area contributed by atoms with Gasteiger partial charge in [0.25, 0.3) is 0 Å². The van der Waals surface area contributed by atoms with Crippen molar-refractivity contribution in [1.29, 1.82) is 0 Å². The smallest absolute Gasteiger partial charge is 0.237 e. The van der Waals surface area contributed by atoms with Crippen molar-refractivity contribution in [2.45, 2.75) is 39.3 Å². The first-order chi connectivity index (χ1) is 8.67. The van der Waals surface area contributed by atoms with Gasteiger partial charge in [0.1, 0.15) is 0 Å². The van der Waals surface area contributed by atoms with Gasteiger partial charge in [-0.15, -0.1) is 0 Å². The lowest BCUT2D eigenvalue weighted by atomic mass is 10.1. The maximum absolute atomic E-state index is 12.1. The lowest BCUT2D eigenvalue weighted by Gasteiger charge is -2.30. The summed E-state index contributed by atoms with van der Waals surface area (Å²) < 4.78 is 0.470. The molecule has 0 saturated carbocycles. The lowest BCUT2D eigenvalue weighted by Crippen LogP contribution is -2.40. The van der Waals surface area contributed by atoms with Crippen LogP contribution >= 0.6 is 22.6 Å². The van der Waals surface area contributed by atoms with Crippen LogP contribution in [0.2, 0.25) is 0 Å². The van der Waals surface area contributed by atoms with Gasteiger partial charge in [0, 0.05) is 11.7 Å². The number of benzene rings is 1. The van der Waals surface area contributed by atoms with Gasteiger partial charge < -0.3 is 10.0 Å². The summed E-state index contributed by atoms with van der Waals surface area (Å²) >= 11 is 2.10. The molecule has 1 aromatic rings. The van der Waals surface area contributed by atoms with E-state index in [-0.39, 0.29) is 18.6 Å². The Balaban J connectivity index is 3.11. The molecule has 0 spiro atoms. The Hall–Kier alpha value is -0.620. The van der Waals surface area contributed by atoms with Gasteiger partial charge >= 0.3 is 0 Å². The number of carbonyl (C=O) groups is 1. The van der Waals surface area contributed by atoms with Crippen molar-refractivity contribution in [3.05, 3.63) is 29.8 Å². The van der Waals surface area contributed by atoms with E-state index in [2.05, 4.69) is 36.4 Å². The molecule has 0 fully saturated rings. The number of halogens is 1. The minimum atomic E-state index is 0.00300. The monoisotopic (exact) mass is 361 g/mol. The average Bonchev–Trinajstić information content (AvgIpc) is 2.43. The van der Waals surface area contributed by atoms with Crippen molar-refractivity contribution < 1.29 is 9.90 Å². The van der Waals surface area contributed by atoms with Crippen LogP contribution in [0.25, 0.3) is 0 Å². The van der Waals surface area contributed by atoms with Crippen LogP contribution in [0.4, 0.5) is 5.69 Å². The number of aliphatic hydroxyl groups is 1. The summed E-state index contributed by atoms with van der Waals surface area (Å²) in [6.07, 6.45) is 1.87. The molecular formula is C14H20INO2. The van der Waals surface area contributed by atoms with Crippen LogP contribution in [-0.4, -0.2) is 21.5 Å². The van der Waals surface area contributed by atoms with E-state index in [0.717, 1.165) is 24.1 Å². The van der Waals surface area contributed by atoms with Gasteiger partial charge in [-0.2, -0.15) is 0 Å². The predicted octanol–water partition coefficient (Wildman–Crippen LogP) is 3.14. The third-order valence-corrected chi connectivity index (χ3v) is 3.71. The minimum absolute atomic E-state index is 0.00300. The topological polar surface area (TPSA) is 40.5 Å². The molecular weight excluding hydrogens is 341 g/mol. The van der Waals surface area contributed by atoms with Crippen LogP contribution in [0.5, 0.6) is 0 Å². The van der Waals surface area contributed by atoms with E-state index in [1.54, 1.807) is 0 Å². The molecule has 0 aromatic heterocycles. The molecule has 0 saturated heterocycles. The Labute approximate surface area is 122 Å². The summed E-state index contributed by atoms with van der Waals surface area (Å²) in [6, 6.07) is 7.80.